The molecular weight excluding hydrogens is 386 g/mol. The number of benzene rings is 3. The number of fused-ring (bicyclic) bond motifs is 1. The van der Waals surface area contributed by atoms with E-state index in [-0.39, 0.29) is 5.63 Å². The molecule has 1 heterocycles. The summed E-state index contributed by atoms with van der Waals surface area (Å²) in [5.41, 5.74) is 3.51. The minimum absolute atomic E-state index is 0.334. The van der Waals surface area contributed by atoms with Gasteiger partial charge in [0.25, 0.3) is 0 Å². The van der Waals surface area contributed by atoms with Crippen molar-refractivity contribution in [3.8, 4) is 28.0 Å². The molecule has 0 N–H and O–H groups in total. The van der Waals surface area contributed by atoms with Crippen molar-refractivity contribution in [3.63, 3.8) is 0 Å². The van der Waals surface area contributed by atoms with Gasteiger partial charge in [-0.2, -0.15) is 0 Å². The van der Waals surface area contributed by atoms with E-state index in [2.05, 4.69) is 18.7 Å². The van der Waals surface area contributed by atoms with E-state index in [1.807, 2.05) is 78.9 Å². The monoisotopic (exact) mass is 413 g/mol. The van der Waals surface area contributed by atoms with E-state index in [0.29, 0.717) is 17.8 Å². The third kappa shape index (κ3) is 4.54. The van der Waals surface area contributed by atoms with E-state index in [1.54, 1.807) is 0 Å². The maximum Gasteiger partial charge on any atom is 0.344 e. The van der Waals surface area contributed by atoms with Gasteiger partial charge in [0.2, 0.25) is 0 Å². The van der Waals surface area contributed by atoms with E-state index in [1.165, 1.54) is 0 Å². The Morgan fingerprint density at radius 1 is 0.774 bits per heavy atom. The van der Waals surface area contributed by atoms with E-state index in [0.717, 1.165) is 47.5 Å². The fourth-order valence-corrected chi connectivity index (χ4v) is 3.87. The van der Waals surface area contributed by atoms with Gasteiger partial charge < -0.3 is 14.1 Å². The summed E-state index contributed by atoms with van der Waals surface area (Å²) in [5, 5.41) is 0.913. The number of hydrogen-bond donors (Lipinski definition) is 0. The van der Waals surface area contributed by atoms with Crippen LogP contribution in [0.15, 0.2) is 88.1 Å². The molecule has 0 spiro atoms. The molecule has 31 heavy (non-hydrogen) atoms. The van der Waals surface area contributed by atoms with Crippen molar-refractivity contribution in [1.29, 1.82) is 0 Å². The fraction of sp³-hybridized carbons (Fsp3) is 0.222. The molecule has 0 amide bonds. The molecule has 0 aliphatic rings. The maximum atomic E-state index is 13.0. The molecule has 158 valence electrons. The van der Waals surface area contributed by atoms with E-state index < -0.39 is 0 Å². The highest BCUT2D eigenvalue weighted by molar-refractivity contribution is 6.01. The van der Waals surface area contributed by atoms with Crippen molar-refractivity contribution >= 4 is 11.0 Å². The van der Waals surface area contributed by atoms with Crippen molar-refractivity contribution in [1.82, 2.24) is 4.90 Å². The molecule has 0 radical (unpaired) electrons. The molecule has 4 nitrogen and oxygen atoms in total. The Labute approximate surface area is 182 Å². The summed E-state index contributed by atoms with van der Waals surface area (Å²) in [7, 11) is 0. The summed E-state index contributed by atoms with van der Waals surface area (Å²) in [6, 6.07) is 25.3. The van der Waals surface area contributed by atoms with E-state index in [9.17, 15) is 4.79 Å². The highest BCUT2D eigenvalue weighted by atomic mass is 16.5. The molecule has 4 rings (SSSR count). The molecule has 4 heteroatoms. The number of rotatable bonds is 8. The Morgan fingerprint density at radius 3 is 2.13 bits per heavy atom. The fourth-order valence-electron chi connectivity index (χ4n) is 3.87. The molecule has 0 aliphatic heterocycles. The normalized spacial score (nSPS) is 11.2. The van der Waals surface area contributed by atoms with Crippen LogP contribution in [-0.4, -0.2) is 31.1 Å². The van der Waals surface area contributed by atoms with Gasteiger partial charge in [-0.25, -0.2) is 4.79 Å². The Hall–Kier alpha value is -3.37. The lowest BCUT2D eigenvalue weighted by molar-refractivity contribution is 0.223. The zero-order valence-electron chi connectivity index (χ0n) is 18.0. The molecule has 0 unspecified atom stereocenters. The van der Waals surface area contributed by atoms with Gasteiger partial charge in [-0.3, -0.25) is 0 Å². The SMILES string of the molecule is CCN(CC)CCOc1ccc(-c2c(-c3ccccc3)c(=O)oc3ccccc23)cc1. The minimum atomic E-state index is -0.334. The summed E-state index contributed by atoms with van der Waals surface area (Å²) in [5.74, 6) is 0.824. The van der Waals surface area contributed by atoms with Crippen LogP contribution in [0.5, 0.6) is 5.75 Å². The molecule has 4 aromatic rings. The standard InChI is InChI=1S/C27H27NO3/c1-3-28(4-2)18-19-30-22-16-14-21(15-17-22)25-23-12-8-9-13-24(23)31-27(29)26(25)20-10-6-5-7-11-20/h5-17H,3-4,18-19H2,1-2H3. The highest BCUT2D eigenvalue weighted by Crippen LogP contribution is 2.36. The second-order valence-electron chi connectivity index (χ2n) is 7.40. The molecule has 0 fully saturated rings. The quantitative estimate of drug-likeness (QED) is 0.340. The van der Waals surface area contributed by atoms with Crippen LogP contribution in [0.4, 0.5) is 0 Å². The van der Waals surface area contributed by atoms with Crippen molar-refractivity contribution in [2.45, 2.75) is 13.8 Å². The lowest BCUT2D eigenvalue weighted by Crippen LogP contribution is -2.27. The smallest absolute Gasteiger partial charge is 0.344 e. The topological polar surface area (TPSA) is 42.7 Å². The summed E-state index contributed by atoms with van der Waals surface area (Å²) in [6.45, 7) is 7.90. The summed E-state index contributed by atoms with van der Waals surface area (Å²) < 4.78 is 11.6. The van der Waals surface area contributed by atoms with Crippen LogP contribution in [0.25, 0.3) is 33.2 Å². The molecule has 0 atom stereocenters. The van der Waals surface area contributed by atoms with Crippen LogP contribution in [-0.2, 0) is 0 Å². The van der Waals surface area contributed by atoms with Gasteiger partial charge in [0.05, 0.1) is 5.56 Å². The van der Waals surface area contributed by atoms with Crippen LogP contribution in [0.2, 0.25) is 0 Å². The van der Waals surface area contributed by atoms with Crippen molar-refractivity contribution in [3.05, 3.63) is 89.3 Å². The average molecular weight is 414 g/mol. The van der Waals surface area contributed by atoms with Gasteiger partial charge in [0.1, 0.15) is 17.9 Å². The maximum absolute atomic E-state index is 13.0. The first-order chi connectivity index (χ1) is 15.2. The molecule has 0 saturated carbocycles. The molecule has 3 aromatic carbocycles. The van der Waals surface area contributed by atoms with Crippen LogP contribution >= 0.6 is 0 Å². The molecule has 0 aliphatic carbocycles. The van der Waals surface area contributed by atoms with Gasteiger partial charge in [-0.1, -0.05) is 74.5 Å². The number of hydrogen-bond acceptors (Lipinski definition) is 4. The van der Waals surface area contributed by atoms with E-state index >= 15 is 0 Å². The number of likely N-dealkylation sites (N-methyl/N-ethyl adjacent to an activating group) is 1. The summed E-state index contributed by atoms with van der Waals surface area (Å²) in [4.78, 5) is 15.3. The van der Waals surface area contributed by atoms with E-state index in [4.69, 9.17) is 9.15 Å². The summed E-state index contributed by atoms with van der Waals surface area (Å²) >= 11 is 0. The third-order valence-electron chi connectivity index (χ3n) is 5.59. The van der Waals surface area contributed by atoms with Crippen LogP contribution in [0, 0.1) is 0 Å². The molecule has 1 aromatic heterocycles. The largest absolute Gasteiger partial charge is 0.492 e. The van der Waals surface area contributed by atoms with Crippen LogP contribution in [0.1, 0.15) is 13.8 Å². The van der Waals surface area contributed by atoms with Gasteiger partial charge in [0.15, 0.2) is 0 Å². The van der Waals surface area contributed by atoms with Gasteiger partial charge in [-0.05, 0) is 42.4 Å². The molecule has 0 bridgehead atoms. The summed E-state index contributed by atoms with van der Waals surface area (Å²) in [6.07, 6.45) is 0. The van der Waals surface area contributed by atoms with Gasteiger partial charge >= 0.3 is 5.63 Å². The molecule has 0 saturated heterocycles. The minimum Gasteiger partial charge on any atom is -0.492 e. The lowest BCUT2D eigenvalue weighted by atomic mass is 9.93. The van der Waals surface area contributed by atoms with Crippen LogP contribution < -0.4 is 10.4 Å². The predicted octanol–water partition coefficient (Wildman–Crippen LogP) is 5.85. The van der Waals surface area contributed by atoms with Crippen molar-refractivity contribution in [2.75, 3.05) is 26.2 Å². The number of para-hydroxylation sites is 1. The van der Waals surface area contributed by atoms with Crippen LogP contribution in [0.3, 0.4) is 0 Å². The first-order valence-corrected chi connectivity index (χ1v) is 10.8. The first-order valence-electron chi connectivity index (χ1n) is 10.8. The van der Waals surface area contributed by atoms with Crippen molar-refractivity contribution < 1.29 is 9.15 Å². The number of ether oxygens (including phenoxy) is 1. The zero-order valence-corrected chi connectivity index (χ0v) is 18.0. The molecular formula is C27H27NO3. The Balaban J connectivity index is 1.73. The van der Waals surface area contributed by atoms with Crippen molar-refractivity contribution in [2.24, 2.45) is 0 Å². The van der Waals surface area contributed by atoms with Gasteiger partial charge in [-0.15, -0.1) is 0 Å². The average Bonchev–Trinajstić information content (AvgIpc) is 2.82. The Kier molecular flexibility index (Phi) is 6.48. The van der Waals surface area contributed by atoms with Gasteiger partial charge in [0, 0.05) is 17.5 Å². The Morgan fingerprint density at radius 2 is 1.42 bits per heavy atom. The number of nitrogens with zero attached hydrogens (tertiary/aromatic N) is 1. The zero-order chi connectivity index (χ0) is 21.6. The third-order valence-corrected chi connectivity index (χ3v) is 5.59. The second-order valence-corrected chi connectivity index (χ2v) is 7.40. The Bertz CT molecular complexity index is 1190. The second kappa shape index (κ2) is 9.63. The predicted molar refractivity (Wildman–Crippen MR) is 127 cm³/mol. The first kappa shape index (κ1) is 20.9. The lowest BCUT2D eigenvalue weighted by Gasteiger charge is -2.18. The highest BCUT2D eigenvalue weighted by Gasteiger charge is 2.17.